The van der Waals surface area contributed by atoms with E-state index >= 15 is 0 Å². The van der Waals surface area contributed by atoms with Crippen molar-refractivity contribution < 1.29 is 19.7 Å². The molecule has 100 valence electrons. The molecule has 0 saturated heterocycles. The first-order valence-corrected chi connectivity index (χ1v) is 6.03. The molecule has 5 heteroatoms. The van der Waals surface area contributed by atoms with Crippen molar-refractivity contribution in [2.24, 2.45) is 0 Å². The molecule has 1 aliphatic heterocycles. The number of rotatable bonds is 3. The minimum absolute atomic E-state index is 0.0218. The zero-order chi connectivity index (χ0) is 13.2. The summed E-state index contributed by atoms with van der Waals surface area (Å²) in [6, 6.07) is 5.18. The predicted octanol–water partition coefficient (Wildman–Crippen LogP) is 0.892. The Kier molecular flexibility index (Phi) is 3.63. The molecule has 18 heavy (non-hydrogen) atoms. The van der Waals surface area contributed by atoms with E-state index in [2.05, 4.69) is 5.32 Å². The fourth-order valence-electron chi connectivity index (χ4n) is 1.72. The number of phenols is 1. The number of nitrogens with one attached hydrogen (secondary N) is 1. The van der Waals surface area contributed by atoms with Crippen LogP contribution in [0.1, 0.15) is 13.8 Å². The van der Waals surface area contributed by atoms with Gasteiger partial charge in [-0.3, -0.25) is 0 Å². The van der Waals surface area contributed by atoms with Gasteiger partial charge in [0.1, 0.15) is 18.8 Å². The second-order valence-electron chi connectivity index (χ2n) is 4.94. The molecule has 0 radical (unpaired) electrons. The van der Waals surface area contributed by atoms with Crippen LogP contribution in [0.4, 0.5) is 0 Å². The van der Waals surface area contributed by atoms with Gasteiger partial charge >= 0.3 is 0 Å². The summed E-state index contributed by atoms with van der Waals surface area (Å²) in [7, 11) is 0. The van der Waals surface area contributed by atoms with E-state index in [0.29, 0.717) is 12.3 Å². The lowest BCUT2D eigenvalue weighted by Crippen LogP contribution is -2.50. The Morgan fingerprint density at radius 3 is 2.78 bits per heavy atom. The summed E-state index contributed by atoms with van der Waals surface area (Å²) in [5.41, 5.74) is -1.10. The van der Waals surface area contributed by atoms with Crippen LogP contribution in [0.2, 0.25) is 0 Å². The van der Waals surface area contributed by atoms with Gasteiger partial charge in [-0.25, -0.2) is 0 Å². The van der Waals surface area contributed by atoms with Gasteiger partial charge in [0.05, 0.1) is 0 Å². The number of fused-ring (bicyclic) bond motifs is 1. The molecule has 0 saturated carbocycles. The van der Waals surface area contributed by atoms with E-state index in [0.717, 1.165) is 0 Å². The molecule has 1 aromatic rings. The molecule has 1 heterocycles. The molecule has 1 unspecified atom stereocenters. The minimum atomic E-state index is -1.10. The average Bonchev–Trinajstić information content (AvgIpc) is 2.49. The van der Waals surface area contributed by atoms with Crippen molar-refractivity contribution in [2.45, 2.75) is 25.5 Å². The molecule has 0 amide bonds. The number of aliphatic hydroxyl groups is 1. The Labute approximate surface area is 106 Å². The number of hydrogen-bond acceptors (Lipinski definition) is 5. The number of benzene rings is 1. The Balaban J connectivity index is 2.09. The normalized spacial score (nSPS) is 22.9. The second-order valence-corrected chi connectivity index (χ2v) is 4.94. The number of para-hydroxylation sites is 1. The number of ether oxygens (including phenoxy) is 2. The molecule has 0 spiro atoms. The lowest BCUT2D eigenvalue weighted by atomic mass is 10.1. The van der Waals surface area contributed by atoms with Crippen LogP contribution < -0.4 is 14.8 Å². The van der Waals surface area contributed by atoms with Gasteiger partial charge in [0, 0.05) is 12.6 Å². The van der Waals surface area contributed by atoms with E-state index in [1.54, 1.807) is 12.1 Å². The molecule has 0 aromatic heterocycles. The molecular formula is C13H19NO4. The van der Waals surface area contributed by atoms with Crippen LogP contribution in [0, 0.1) is 0 Å². The first-order valence-electron chi connectivity index (χ1n) is 6.03. The number of hydrogen-bond donors (Lipinski definition) is 3. The molecule has 1 atom stereocenters. The minimum Gasteiger partial charge on any atom is -0.504 e. The zero-order valence-electron chi connectivity index (χ0n) is 10.6. The number of aromatic hydroxyl groups is 1. The standard InChI is InChI=1S/C13H19NO4/c1-9(2)14-6-13(16)7-17-11-5-3-4-10(15)12(11)18-8-13/h3-5,9,14-16H,6-8H2,1-2H3. The topological polar surface area (TPSA) is 71.0 Å². The Bertz CT molecular complexity index is 421. The van der Waals surface area contributed by atoms with Gasteiger partial charge in [-0.1, -0.05) is 19.9 Å². The summed E-state index contributed by atoms with van der Waals surface area (Å²) in [4.78, 5) is 0. The Hall–Kier alpha value is -1.46. The molecule has 0 fully saturated rings. The summed E-state index contributed by atoms with van der Waals surface area (Å²) in [6.07, 6.45) is 0. The van der Waals surface area contributed by atoms with Gasteiger partial charge in [-0.2, -0.15) is 0 Å². The third-order valence-electron chi connectivity index (χ3n) is 2.78. The predicted molar refractivity (Wildman–Crippen MR) is 67.2 cm³/mol. The van der Waals surface area contributed by atoms with Gasteiger partial charge in [0.15, 0.2) is 11.5 Å². The van der Waals surface area contributed by atoms with Crippen molar-refractivity contribution >= 4 is 0 Å². The van der Waals surface area contributed by atoms with Crippen molar-refractivity contribution in [3.8, 4) is 17.2 Å². The Morgan fingerprint density at radius 2 is 2.06 bits per heavy atom. The molecule has 0 aliphatic carbocycles. The first kappa shape index (κ1) is 13.0. The average molecular weight is 253 g/mol. The fraction of sp³-hybridized carbons (Fsp3) is 0.538. The van der Waals surface area contributed by atoms with Gasteiger partial charge in [-0.15, -0.1) is 0 Å². The van der Waals surface area contributed by atoms with Crippen molar-refractivity contribution in [3.63, 3.8) is 0 Å². The molecule has 1 aliphatic rings. The van der Waals surface area contributed by atoms with Crippen molar-refractivity contribution in [1.29, 1.82) is 0 Å². The van der Waals surface area contributed by atoms with Crippen molar-refractivity contribution in [3.05, 3.63) is 18.2 Å². The summed E-state index contributed by atoms with van der Waals surface area (Å²) in [5.74, 6) is 0.766. The maximum Gasteiger partial charge on any atom is 0.203 e. The van der Waals surface area contributed by atoms with Crippen LogP contribution in [0.25, 0.3) is 0 Å². The third-order valence-corrected chi connectivity index (χ3v) is 2.78. The van der Waals surface area contributed by atoms with E-state index < -0.39 is 5.60 Å². The number of phenolic OH excluding ortho intramolecular Hbond substituents is 1. The lowest BCUT2D eigenvalue weighted by Gasteiger charge is -2.26. The van der Waals surface area contributed by atoms with Crippen molar-refractivity contribution in [1.82, 2.24) is 5.32 Å². The highest BCUT2D eigenvalue weighted by atomic mass is 16.6. The SMILES string of the molecule is CC(C)NCC1(O)COc2cccc(O)c2OC1. The van der Waals surface area contributed by atoms with E-state index in [9.17, 15) is 10.2 Å². The van der Waals surface area contributed by atoms with Crippen LogP contribution in [0.3, 0.4) is 0 Å². The van der Waals surface area contributed by atoms with E-state index in [1.165, 1.54) is 6.07 Å². The summed E-state index contributed by atoms with van der Waals surface area (Å²) >= 11 is 0. The molecule has 2 rings (SSSR count). The summed E-state index contributed by atoms with van der Waals surface area (Å²) < 4.78 is 11.0. The van der Waals surface area contributed by atoms with Crippen LogP contribution in [0.15, 0.2) is 18.2 Å². The highest BCUT2D eigenvalue weighted by Crippen LogP contribution is 2.38. The summed E-state index contributed by atoms with van der Waals surface area (Å²) in [6.45, 7) is 4.59. The molecular weight excluding hydrogens is 234 g/mol. The van der Waals surface area contributed by atoms with E-state index in [-0.39, 0.29) is 30.8 Å². The quantitative estimate of drug-likeness (QED) is 0.746. The van der Waals surface area contributed by atoms with E-state index in [4.69, 9.17) is 9.47 Å². The third kappa shape index (κ3) is 2.86. The van der Waals surface area contributed by atoms with Gasteiger partial charge in [-0.05, 0) is 12.1 Å². The fourth-order valence-corrected chi connectivity index (χ4v) is 1.72. The van der Waals surface area contributed by atoms with E-state index in [1.807, 2.05) is 13.8 Å². The van der Waals surface area contributed by atoms with Crippen LogP contribution in [-0.4, -0.2) is 41.6 Å². The molecule has 5 nitrogen and oxygen atoms in total. The smallest absolute Gasteiger partial charge is 0.203 e. The largest absolute Gasteiger partial charge is 0.504 e. The van der Waals surface area contributed by atoms with Crippen LogP contribution >= 0.6 is 0 Å². The highest BCUT2D eigenvalue weighted by molar-refractivity contribution is 5.50. The first-order chi connectivity index (χ1) is 8.50. The van der Waals surface area contributed by atoms with Gasteiger partial charge in [0.2, 0.25) is 5.75 Å². The summed E-state index contributed by atoms with van der Waals surface area (Å²) in [5, 5.41) is 23.2. The second kappa shape index (κ2) is 5.04. The monoisotopic (exact) mass is 253 g/mol. The molecule has 0 bridgehead atoms. The molecule has 1 aromatic carbocycles. The van der Waals surface area contributed by atoms with Crippen molar-refractivity contribution in [2.75, 3.05) is 19.8 Å². The lowest BCUT2D eigenvalue weighted by molar-refractivity contribution is -0.0279. The molecule has 3 N–H and O–H groups in total. The zero-order valence-corrected chi connectivity index (χ0v) is 10.6. The van der Waals surface area contributed by atoms with Gasteiger partial charge < -0.3 is 25.0 Å². The Morgan fingerprint density at radius 1 is 1.33 bits per heavy atom. The van der Waals surface area contributed by atoms with Gasteiger partial charge in [0.25, 0.3) is 0 Å². The maximum atomic E-state index is 10.4. The van der Waals surface area contributed by atoms with Crippen LogP contribution in [0.5, 0.6) is 17.2 Å². The highest BCUT2D eigenvalue weighted by Gasteiger charge is 2.33. The maximum absolute atomic E-state index is 10.4. The van der Waals surface area contributed by atoms with Crippen LogP contribution in [-0.2, 0) is 0 Å².